The van der Waals surface area contributed by atoms with Crippen molar-refractivity contribution >= 4 is 0 Å². The fourth-order valence-corrected chi connectivity index (χ4v) is 5.56. The molecular formula is C29H44N2. The van der Waals surface area contributed by atoms with Crippen LogP contribution in [0, 0.1) is 6.92 Å². The van der Waals surface area contributed by atoms with Gasteiger partial charge in [-0.15, -0.1) is 0 Å². The van der Waals surface area contributed by atoms with Gasteiger partial charge in [-0.05, 0) is 67.2 Å². The minimum Gasteiger partial charge on any atom is -0.236 e. The van der Waals surface area contributed by atoms with E-state index >= 15 is 0 Å². The molecule has 0 saturated heterocycles. The molecule has 0 spiro atoms. The molecule has 1 aliphatic carbocycles. The van der Waals surface area contributed by atoms with Gasteiger partial charge in [-0.3, -0.25) is 0 Å². The summed E-state index contributed by atoms with van der Waals surface area (Å²) in [5, 5.41) is 0. The van der Waals surface area contributed by atoms with Crippen molar-refractivity contribution in [1.29, 1.82) is 0 Å². The minimum absolute atomic E-state index is 0.401. The Bertz CT molecular complexity index is 772. The standard InChI is InChI=1S/C29H44N2/c1-4-6-8-9-11-15-25-22-30-28(31-23-25)26-16-17-27(24(3)21-26)29(18-12-7-5-2)19-13-10-14-20-29/h16-17,21-23H,4-15,18-20H2,1-3H3. The molecule has 31 heavy (non-hydrogen) atoms. The summed E-state index contributed by atoms with van der Waals surface area (Å²) < 4.78 is 0. The molecule has 1 saturated carbocycles. The van der Waals surface area contributed by atoms with Gasteiger partial charge in [-0.2, -0.15) is 0 Å². The van der Waals surface area contributed by atoms with E-state index in [1.165, 1.54) is 101 Å². The Balaban J connectivity index is 1.69. The molecule has 1 aliphatic rings. The van der Waals surface area contributed by atoms with Crippen molar-refractivity contribution in [3.05, 3.63) is 47.3 Å². The average Bonchev–Trinajstić information content (AvgIpc) is 2.80. The molecule has 0 N–H and O–H groups in total. The molecule has 0 unspecified atom stereocenters. The molecule has 0 bridgehead atoms. The lowest BCUT2D eigenvalue weighted by Gasteiger charge is -2.39. The molecule has 2 heteroatoms. The molecule has 0 atom stereocenters. The second kappa shape index (κ2) is 12.4. The molecule has 3 rings (SSSR count). The van der Waals surface area contributed by atoms with Gasteiger partial charge < -0.3 is 0 Å². The molecule has 0 amide bonds. The lowest BCUT2D eigenvalue weighted by atomic mass is 9.65. The lowest BCUT2D eigenvalue weighted by Crippen LogP contribution is -2.30. The summed E-state index contributed by atoms with van der Waals surface area (Å²) in [5.74, 6) is 0.869. The molecular weight excluding hydrogens is 376 g/mol. The van der Waals surface area contributed by atoms with E-state index in [9.17, 15) is 0 Å². The molecule has 2 nitrogen and oxygen atoms in total. The van der Waals surface area contributed by atoms with Crippen LogP contribution in [0.5, 0.6) is 0 Å². The second-order valence-corrected chi connectivity index (χ2v) is 9.91. The van der Waals surface area contributed by atoms with Crippen molar-refractivity contribution < 1.29 is 0 Å². The zero-order chi connectivity index (χ0) is 21.9. The van der Waals surface area contributed by atoms with Crippen molar-refractivity contribution in [3.8, 4) is 11.4 Å². The molecule has 1 fully saturated rings. The minimum atomic E-state index is 0.401. The van der Waals surface area contributed by atoms with Gasteiger partial charge in [-0.1, -0.05) is 90.2 Å². The first-order valence-corrected chi connectivity index (χ1v) is 13.1. The quantitative estimate of drug-likeness (QED) is 0.321. The van der Waals surface area contributed by atoms with E-state index < -0.39 is 0 Å². The summed E-state index contributed by atoms with van der Waals surface area (Å²) in [5.41, 5.74) is 5.86. The first kappa shape index (κ1) is 24.0. The number of hydrogen-bond donors (Lipinski definition) is 0. The zero-order valence-corrected chi connectivity index (χ0v) is 20.4. The van der Waals surface area contributed by atoms with E-state index in [4.69, 9.17) is 9.97 Å². The zero-order valence-electron chi connectivity index (χ0n) is 20.4. The van der Waals surface area contributed by atoms with Crippen LogP contribution in [-0.4, -0.2) is 9.97 Å². The average molecular weight is 421 g/mol. The Hall–Kier alpha value is -1.70. The Morgan fingerprint density at radius 1 is 0.806 bits per heavy atom. The summed E-state index contributed by atoms with van der Waals surface area (Å²) in [6.45, 7) is 6.88. The SMILES string of the molecule is CCCCCCCc1cnc(-c2ccc(C3(CCCCC)CCCCC3)c(C)c2)nc1. The third-order valence-corrected chi connectivity index (χ3v) is 7.40. The number of hydrogen-bond acceptors (Lipinski definition) is 2. The molecule has 0 aliphatic heterocycles. The smallest absolute Gasteiger partial charge is 0.159 e. The van der Waals surface area contributed by atoms with Crippen LogP contribution in [0.25, 0.3) is 11.4 Å². The van der Waals surface area contributed by atoms with Gasteiger partial charge in [0.15, 0.2) is 5.82 Å². The number of benzene rings is 1. The van der Waals surface area contributed by atoms with Crippen molar-refractivity contribution in [2.75, 3.05) is 0 Å². The Morgan fingerprint density at radius 2 is 1.48 bits per heavy atom. The lowest BCUT2D eigenvalue weighted by molar-refractivity contribution is 0.265. The van der Waals surface area contributed by atoms with Gasteiger partial charge in [0.2, 0.25) is 0 Å². The highest BCUT2D eigenvalue weighted by molar-refractivity contribution is 5.58. The van der Waals surface area contributed by atoms with Gasteiger partial charge in [0, 0.05) is 18.0 Å². The highest BCUT2D eigenvalue weighted by atomic mass is 14.9. The Kier molecular flexibility index (Phi) is 9.55. The summed E-state index contributed by atoms with van der Waals surface area (Å²) in [6.07, 6.45) is 24.0. The molecule has 1 aromatic heterocycles. The van der Waals surface area contributed by atoms with Crippen molar-refractivity contribution in [2.45, 2.75) is 122 Å². The number of aromatic nitrogens is 2. The van der Waals surface area contributed by atoms with Crippen molar-refractivity contribution in [2.24, 2.45) is 0 Å². The first-order valence-electron chi connectivity index (χ1n) is 13.1. The predicted molar refractivity (Wildman–Crippen MR) is 134 cm³/mol. The highest BCUT2D eigenvalue weighted by Gasteiger charge is 2.34. The van der Waals surface area contributed by atoms with Crippen molar-refractivity contribution in [1.82, 2.24) is 9.97 Å². The molecule has 1 heterocycles. The monoisotopic (exact) mass is 420 g/mol. The maximum atomic E-state index is 4.71. The van der Waals surface area contributed by atoms with E-state index in [1.807, 2.05) is 12.4 Å². The van der Waals surface area contributed by atoms with Crippen LogP contribution in [0.15, 0.2) is 30.6 Å². The third kappa shape index (κ3) is 6.64. The highest BCUT2D eigenvalue weighted by Crippen LogP contribution is 2.45. The van der Waals surface area contributed by atoms with Gasteiger partial charge in [0.25, 0.3) is 0 Å². The van der Waals surface area contributed by atoms with E-state index in [0.29, 0.717) is 5.41 Å². The molecule has 1 aromatic carbocycles. The van der Waals surface area contributed by atoms with E-state index in [0.717, 1.165) is 17.8 Å². The Morgan fingerprint density at radius 3 is 2.16 bits per heavy atom. The largest absolute Gasteiger partial charge is 0.236 e. The van der Waals surface area contributed by atoms with Crippen LogP contribution in [0.4, 0.5) is 0 Å². The number of aryl methyl sites for hydroxylation is 2. The van der Waals surface area contributed by atoms with E-state index in [-0.39, 0.29) is 0 Å². The fourth-order valence-electron chi connectivity index (χ4n) is 5.56. The normalized spacial score (nSPS) is 15.8. The predicted octanol–water partition coefficient (Wildman–Crippen LogP) is 8.75. The summed E-state index contributed by atoms with van der Waals surface area (Å²) in [4.78, 5) is 9.43. The fraction of sp³-hybridized carbons (Fsp3) is 0.655. The van der Waals surface area contributed by atoms with Crippen LogP contribution < -0.4 is 0 Å². The van der Waals surface area contributed by atoms with E-state index in [2.05, 4.69) is 39.0 Å². The maximum Gasteiger partial charge on any atom is 0.159 e. The second-order valence-electron chi connectivity index (χ2n) is 9.91. The van der Waals surface area contributed by atoms with Crippen molar-refractivity contribution in [3.63, 3.8) is 0 Å². The summed E-state index contributed by atoms with van der Waals surface area (Å²) in [7, 11) is 0. The summed E-state index contributed by atoms with van der Waals surface area (Å²) in [6, 6.07) is 7.02. The van der Waals surface area contributed by atoms with Gasteiger partial charge in [-0.25, -0.2) is 9.97 Å². The third-order valence-electron chi connectivity index (χ3n) is 7.40. The van der Waals surface area contributed by atoms with Gasteiger partial charge in [0.1, 0.15) is 0 Å². The number of rotatable bonds is 12. The summed E-state index contributed by atoms with van der Waals surface area (Å²) >= 11 is 0. The topological polar surface area (TPSA) is 25.8 Å². The van der Waals surface area contributed by atoms with Gasteiger partial charge in [0.05, 0.1) is 0 Å². The van der Waals surface area contributed by atoms with Gasteiger partial charge >= 0.3 is 0 Å². The van der Waals surface area contributed by atoms with Crippen LogP contribution in [0.3, 0.4) is 0 Å². The number of unbranched alkanes of at least 4 members (excludes halogenated alkanes) is 6. The van der Waals surface area contributed by atoms with E-state index in [1.54, 1.807) is 5.56 Å². The van der Waals surface area contributed by atoms with Crippen LogP contribution in [-0.2, 0) is 11.8 Å². The molecule has 0 radical (unpaired) electrons. The van der Waals surface area contributed by atoms with Crippen LogP contribution in [0.1, 0.15) is 120 Å². The van der Waals surface area contributed by atoms with Crippen LogP contribution in [0.2, 0.25) is 0 Å². The molecule has 170 valence electrons. The molecule has 2 aromatic rings. The number of nitrogens with zero attached hydrogens (tertiary/aromatic N) is 2. The van der Waals surface area contributed by atoms with Crippen LogP contribution >= 0.6 is 0 Å². The maximum absolute atomic E-state index is 4.71. The first-order chi connectivity index (χ1) is 15.2. The Labute approximate surface area is 191 Å².